The Kier molecular flexibility index (Phi) is 4.22. The maximum atomic E-state index is 2.28. The zero-order valence-electron chi connectivity index (χ0n) is 4.99. The Labute approximate surface area is 50.2 Å². The fourth-order valence-electron chi connectivity index (χ4n) is 0.577. The molecule has 0 nitrogen and oxygen atoms in total. The van der Waals surface area contributed by atoms with Crippen molar-refractivity contribution in [3.8, 4) is 0 Å². The molecule has 6 heavy (non-hydrogen) atoms. The van der Waals surface area contributed by atoms with Gasteiger partial charge in [0.2, 0.25) is 0 Å². The van der Waals surface area contributed by atoms with Crippen molar-refractivity contribution in [2.75, 3.05) is 0 Å². The van der Waals surface area contributed by atoms with E-state index in [9.17, 15) is 0 Å². The van der Waals surface area contributed by atoms with E-state index in [1.54, 1.807) is 0 Å². The molecule has 0 spiro atoms. The minimum atomic E-state index is 0.945. The fourth-order valence-corrected chi connectivity index (χ4v) is 3.00. The van der Waals surface area contributed by atoms with Gasteiger partial charge in [0, 0.05) is 0 Å². The first-order chi connectivity index (χ1) is 2.77. The van der Waals surface area contributed by atoms with Crippen LogP contribution in [0.3, 0.4) is 0 Å². The molecule has 0 aromatic heterocycles. The standard InChI is InChI=1S/C5H11.Ga.2H/c1-4-5(2)3;;;/h5H,1,4H2,2-3H3;;;. The van der Waals surface area contributed by atoms with Crippen LogP contribution in [-0.4, -0.2) is 18.6 Å². The Balaban J connectivity index is 2.63. The summed E-state index contributed by atoms with van der Waals surface area (Å²) in [4.78, 5) is 1.52. The van der Waals surface area contributed by atoms with Gasteiger partial charge in [0.05, 0.1) is 0 Å². The molecule has 0 aliphatic heterocycles. The summed E-state index contributed by atoms with van der Waals surface area (Å²) in [6, 6.07) is 0. The van der Waals surface area contributed by atoms with E-state index in [-0.39, 0.29) is 0 Å². The molecular weight excluding hydrogens is 130 g/mol. The molecule has 0 amide bonds. The zero-order valence-corrected chi connectivity index (χ0v) is 9.19. The average molecular weight is 143 g/mol. The molecule has 0 atom stereocenters. The molecule has 0 saturated heterocycles. The molecule has 0 aliphatic carbocycles. The second-order valence-electron chi connectivity index (χ2n) is 2.18. The molecule has 0 radical (unpaired) electrons. The molecule has 0 saturated carbocycles. The Hall–Kier alpha value is 0.636. The SMILES string of the molecule is CC(C)C[CH2][GaH2]. The van der Waals surface area contributed by atoms with E-state index in [0.717, 1.165) is 24.5 Å². The molecular formula is C5H13Ga. The van der Waals surface area contributed by atoms with Gasteiger partial charge in [0.1, 0.15) is 0 Å². The summed E-state index contributed by atoms with van der Waals surface area (Å²) >= 11 is 1.09. The van der Waals surface area contributed by atoms with E-state index in [0.29, 0.717) is 0 Å². The van der Waals surface area contributed by atoms with Gasteiger partial charge < -0.3 is 0 Å². The monoisotopic (exact) mass is 142 g/mol. The predicted molar refractivity (Wildman–Crippen MR) is 32.8 cm³/mol. The van der Waals surface area contributed by atoms with Gasteiger partial charge in [-0.2, -0.15) is 0 Å². The number of hydrogen-bond acceptors (Lipinski definition) is 0. The molecule has 0 rings (SSSR count). The quantitative estimate of drug-likeness (QED) is 0.507. The van der Waals surface area contributed by atoms with E-state index in [4.69, 9.17) is 0 Å². The van der Waals surface area contributed by atoms with Crippen LogP contribution in [0.25, 0.3) is 0 Å². The first kappa shape index (κ1) is 6.64. The fraction of sp³-hybridized carbons (Fsp3) is 1.00. The van der Waals surface area contributed by atoms with Crippen molar-refractivity contribution in [1.29, 1.82) is 0 Å². The molecule has 0 aromatic carbocycles. The van der Waals surface area contributed by atoms with Gasteiger partial charge in [-0.1, -0.05) is 0 Å². The Morgan fingerprint density at radius 3 is 2.00 bits per heavy atom. The second kappa shape index (κ2) is 3.81. The van der Waals surface area contributed by atoms with Crippen molar-refractivity contribution in [3.63, 3.8) is 0 Å². The Morgan fingerprint density at radius 2 is 2.00 bits per heavy atom. The summed E-state index contributed by atoms with van der Waals surface area (Å²) in [5.41, 5.74) is 0. The minimum absolute atomic E-state index is 0.945. The first-order valence-corrected chi connectivity index (χ1v) is 5.74. The zero-order chi connectivity index (χ0) is 4.99. The van der Waals surface area contributed by atoms with E-state index in [1.165, 1.54) is 11.4 Å². The van der Waals surface area contributed by atoms with Crippen LogP contribution in [0.4, 0.5) is 0 Å². The normalized spacial score (nSPS) is 9.83. The van der Waals surface area contributed by atoms with Gasteiger partial charge in [-0.25, -0.2) is 0 Å². The summed E-state index contributed by atoms with van der Waals surface area (Å²) in [7, 11) is 0. The van der Waals surface area contributed by atoms with Crippen molar-refractivity contribution < 1.29 is 0 Å². The molecule has 0 bridgehead atoms. The molecule has 0 unspecified atom stereocenters. The third-order valence-corrected chi connectivity index (χ3v) is 2.08. The third-order valence-electron chi connectivity index (χ3n) is 0.866. The third kappa shape index (κ3) is 4.64. The molecule has 0 heterocycles. The van der Waals surface area contributed by atoms with E-state index < -0.39 is 0 Å². The number of hydrogen-bond donors (Lipinski definition) is 0. The van der Waals surface area contributed by atoms with Crippen LogP contribution in [0.1, 0.15) is 20.3 Å². The van der Waals surface area contributed by atoms with E-state index in [2.05, 4.69) is 13.8 Å². The molecule has 0 aromatic rings. The van der Waals surface area contributed by atoms with Gasteiger partial charge in [0.15, 0.2) is 0 Å². The Bertz CT molecular complexity index is 25.1. The van der Waals surface area contributed by atoms with Crippen LogP contribution in [0, 0.1) is 5.92 Å². The molecule has 0 N–H and O–H groups in total. The van der Waals surface area contributed by atoms with Crippen molar-refractivity contribution in [1.82, 2.24) is 0 Å². The average Bonchev–Trinajstić information content (AvgIpc) is 1.35. The van der Waals surface area contributed by atoms with Gasteiger partial charge in [-0.15, -0.1) is 0 Å². The van der Waals surface area contributed by atoms with E-state index >= 15 is 0 Å². The predicted octanol–water partition coefficient (Wildman–Crippen LogP) is 1.08. The summed E-state index contributed by atoms with van der Waals surface area (Å²) in [5, 5.41) is 0. The van der Waals surface area contributed by atoms with Crippen LogP contribution in [0.5, 0.6) is 0 Å². The maximum absolute atomic E-state index is 2.28. The van der Waals surface area contributed by atoms with Crippen molar-refractivity contribution in [3.05, 3.63) is 0 Å². The molecule has 1 heteroatoms. The summed E-state index contributed by atoms with van der Waals surface area (Å²) in [6.07, 6.45) is 1.46. The summed E-state index contributed by atoms with van der Waals surface area (Å²) < 4.78 is 0. The van der Waals surface area contributed by atoms with E-state index in [1.807, 2.05) is 0 Å². The molecule has 36 valence electrons. The summed E-state index contributed by atoms with van der Waals surface area (Å²) in [5.74, 6) is 0.945. The van der Waals surface area contributed by atoms with Gasteiger partial charge in [-0.05, 0) is 0 Å². The van der Waals surface area contributed by atoms with Gasteiger partial charge in [0.25, 0.3) is 0 Å². The summed E-state index contributed by atoms with van der Waals surface area (Å²) in [6.45, 7) is 4.57. The first-order valence-electron chi connectivity index (χ1n) is 2.77. The van der Waals surface area contributed by atoms with Crippen molar-refractivity contribution in [2.45, 2.75) is 25.2 Å². The van der Waals surface area contributed by atoms with Crippen LogP contribution < -0.4 is 0 Å². The Morgan fingerprint density at radius 1 is 1.50 bits per heavy atom. The van der Waals surface area contributed by atoms with Crippen molar-refractivity contribution in [2.24, 2.45) is 5.92 Å². The molecule has 0 fully saturated rings. The van der Waals surface area contributed by atoms with Crippen molar-refractivity contribution >= 4 is 18.6 Å². The van der Waals surface area contributed by atoms with Gasteiger partial charge in [-0.3, -0.25) is 0 Å². The topological polar surface area (TPSA) is 0 Å². The molecule has 0 aliphatic rings. The van der Waals surface area contributed by atoms with Crippen LogP contribution in [0.2, 0.25) is 4.98 Å². The second-order valence-corrected chi connectivity index (χ2v) is 4.28. The number of rotatable bonds is 2. The van der Waals surface area contributed by atoms with Crippen LogP contribution >= 0.6 is 0 Å². The van der Waals surface area contributed by atoms with Crippen LogP contribution in [0.15, 0.2) is 0 Å². The van der Waals surface area contributed by atoms with Gasteiger partial charge >= 0.3 is 49.8 Å². The van der Waals surface area contributed by atoms with Crippen LogP contribution in [-0.2, 0) is 0 Å².